The number of rotatable bonds is 3. The molecule has 0 radical (unpaired) electrons. The van der Waals surface area contributed by atoms with E-state index in [1.54, 1.807) is 6.20 Å². The third-order valence-electron chi connectivity index (χ3n) is 3.11. The molecule has 0 spiro atoms. The molecule has 2 nitrogen and oxygen atoms in total. The number of hydrogen-bond acceptors (Lipinski definition) is 2. The van der Waals surface area contributed by atoms with Crippen LogP contribution in [0.15, 0.2) is 41.0 Å². The lowest BCUT2D eigenvalue weighted by Gasteiger charge is -2.19. The fourth-order valence-corrected chi connectivity index (χ4v) is 2.37. The number of nitrogens with zero attached hydrogens (tertiary/aromatic N) is 1. The molecule has 1 aromatic heterocycles. The first-order valence-corrected chi connectivity index (χ1v) is 7.68. The van der Waals surface area contributed by atoms with Crippen molar-refractivity contribution in [3.05, 3.63) is 57.3 Å². The van der Waals surface area contributed by atoms with Crippen molar-refractivity contribution in [1.82, 2.24) is 4.98 Å². The Morgan fingerprint density at radius 1 is 1.20 bits per heavy atom. The first-order chi connectivity index (χ1) is 9.36. The predicted octanol–water partition coefficient (Wildman–Crippen LogP) is 5.41. The quantitative estimate of drug-likeness (QED) is 0.747. The van der Waals surface area contributed by atoms with E-state index in [0.717, 1.165) is 16.7 Å². The van der Waals surface area contributed by atoms with Gasteiger partial charge in [0.25, 0.3) is 0 Å². The second-order valence-electron chi connectivity index (χ2n) is 5.79. The van der Waals surface area contributed by atoms with Crippen molar-refractivity contribution >= 4 is 33.2 Å². The lowest BCUT2D eigenvalue weighted by molar-refractivity contribution is 0.590. The Kier molecular flexibility index (Phi) is 4.71. The van der Waals surface area contributed by atoms with Crippen LogP contribution in [0.1, 0.15) is 31.9 Å². The van der Waals surface area contributed by atoms with E-state index in [-0.39, 0.29) is 5.41 Å². The molecule has 4 heteroatoms. The molecular formula is C16H18BrClN2. The summed E-state index contributed by atoms with van der Waals surface area (Å²) in [5.41, 5.74) is 3.57. The summed E-state index contributed by atoms with van der Waals surface area (Å²) in [5.74, 6) is 0. The van der Waals surface area contributed by atoms with Crippen molar-refractivity contribution < 1.29 is 0 Å². The van der Waals surface area contributed by atoms with Gasteiger partial charge in [0.15, 0.2) is 5.15 Å². The second-order valence-corrected chi connectivity index (χ2v) is 7.07. The molecule has 1 heterocycles. The minimum Gasteiger partial charge on any atom is -0.378 e. The average molecular weight is 354 g/mol. The smallest absolute Gasteiger partial charge is 0.152 e. The molecule has 0 bridgehead atoms. The van der Waals surface area contributed by atoms with Gasteiger partial charge in [-0.15, -0.1) is 0 Å². The first-order valence-electron chi connectivity index (χ1n) is 6.50. The van der Waals surface area contributed by atoms with Gasteiger partial charge in [-0.3, -0.25) is 0 Å². The maximum absolute atomic E-state index is 6.05. The molecule has 0 saturated heterocycles. The number of anilines is 1. The highest BCUT2D eigenvalue weighted by atomic mass is 79.9. The molecule has 20 heavy (non-hydrogen) atoms. The Morgan fingerprint density at radius 2 is 1.85 bits per heavy atom. The van der Waals surface area contributed by atoms with Gasteiger partial charge in [-0.2, -0.15) is 0 Å². The minimum absolute atomic E-state index is 0.184. The van der Waals surface area contributed by atoms with Gasteiger partial charge < -0.3 is 5.32 Å². The van der Waals surface area contributed by atoms with Crippen molar-refractivity contribution in [2.24, 2.45) is 0 Å². The Balaban J connectivity index is 2.06. The summed E-state index contributed by atoms with van der Waals surface area (Å²) in [7, 11) is 0. The molecule has 0 atom stereocenters. The van der Waals surface area contributed by atoms with Crippen molar-refractivity contribution in [3.63, 3.8) is 0 Å². The van der Waals surface area contributed by atoms with Gasteiger partial charge in [-0.25, -0.2) is 4.98 Å². The molecule has 0 aliphatic rings. The van der Waals surface area contributed by atoms with E-state index in [2.05, 4.69) is 71.3 Å². The second kappa shape index (κ2) is 6.15. The van der Waals surface area contributed by atoms with Gasteiger partial charge in [0.1, 0.15) is 0 Å². The summed E-state index contributed by atoms with van der Waals surface area (Å²) in [6.45, 7) is 7.37. The lowest BCUT2D eigenvalue weighted by atomic mass is 9.87. The minimum atomic E-state index is 0.184. The zero-order valence-electron chi connectivity index (χ0n) is 11.9. The van der Waals surface area contributed by atoms with Crippen molar-refractivity contribution in [1.29, 1.82) is 0 Å². The maximum Gasteiger partial charge on any atom is 0.152 e. The average Bonchev–Trinajstić information content (AvgIpc) is 2.39. The molecule has 0 fully saturated rings. The van der Waals surface area contributed by atoms with Crippen molar-refractivity contribution in [2.75, 3.05) is 5.32 Å². The highest BCUT2D eigenvalue weighted by Gasteiger charge is 2.12. The van der Waals surface area contributed by atoms with Gasteiger partial charge in [-0.1, -0.05) is 56.6 Å². The summed E-state index contributed by atoms with van der Waals surface area (Å²) in [5, 5.41) is 3.79. The van der Waals surface area contributed by atoms with Crippen LogP contribution in [0.25, 0.3) is 0 Å². The van der Waals surface area contributed by atoms with Gasteiger partial charge in [0.05, 0.1) is 5.69 Å². The number of benzene rings is 1. The summed E-state index contributed by atoms with van der Waals surface area (Å²) in [6, 6.07) is 10.6. The predicted molar refractivity (Wildman–Crippen MR) is 89.4 cm³/mol. The number of halogens is 2. The molecular weight excluding hydrogens is 336 g/mol. The van der Waals surface area contributed by atoms with Crippen LogP contribution in [-0.2, 0) is 12.0 Å². The number of pyridine rings is 1. The fourth-order valence-electron chi connectivity index (χ4n) is 1.87. The zero-order valence-corrected chi connectivity index (χ0v) is 14.2. The Labute approximate surface area is 133 Å². The largest absolute Gasteiger partial charge is 0.378 e. The van der Waals surface area contributed by atoms with Crippen molar-refractivity contribution in [2.45, 2.75) is 32.7 Å². The summed E-state index contributed by atoms with van der Waals surface area (Å²) in [4.78, 5) is 4.09. The highest BCUT2D eigenvalue weighted by molar-refractivity contribution is 9.10. The lowest BCUT2D eigenvalue weighted by Crippen LogP contribution is -2.11. The van der Waals surface area contributed by atoms with E-state index in [0.29, 0.717) is 5.15 Å². The van der Waals surface area contributed by atoms with E-state index >= 15 is 0 Å². The summed E-state index contributed by atoms with van der Waals surface area (Å²) >= 11 is 9.45. The molecule has 0 amide bonds. The molecule has 0 aliphatic carbocycles. The molecule has 0 unspecified atom stereocenters. The van der Waals surface area contributed by atoms with E-state index in [9.17, 15) is 0 Å². The van der Waals surface area contributed by atoms with Crippen LogP contribution >= 0.6 is 27.5 Å². The highest BCUT2D eigenvalue weighted by Crippen LogP contribution is 2.25. The molecule has 0 aliphatic heterocycles. The summed E-state index contributed by atoms with van der Waals surface area (Å²) < 4.78 is 0.910. The zero-order chi connectivity index (χ0) is 14.8. The van der Waals surface area contributed by atoms with E-state index in [1.807, 2.05) is 6.07 Å². The molecule has 1 N–H and O–H groups in total. The Bertz CT molecular complexity index is 588. The van der Waals surface area contributed by atoms with Gasteiger partial charge in [-0.05, 0) is 38.5 Å². The van der Waals surface area contributed by atoms with Crippen LogP contribution < -0.4 is 5.32 Å². The molecule has 1 aromatic carbocycles. The fraction of sp³-hybridized carbons (Fsp3) is 0.312. The Morgan fingerprint density at radius 3 is 2.45 bits per heavy atom. The van der Waals surface area contributed by atoms with Crippen LogP contribution in [0.2, 0.25) is 5.15 Å². The van der Waals surface area contributed by atoms with Gasteiger partial charge in [0.2, 0.25) is 0 Å². The van der Waals surface area contributed by atoms with Crippen LogP contribution in [0, 0.1) is 0 Å². The van der Waals surface area contributed by atoms with E-state index < -0.39 is 0 Å². The topological polar surface area (TPSA) is 24.9 Å². The first kappa shape index (κ1) is 15.3. The van der Waals surface area contributed by atoms with E-state index in [4.69, 9.17) is 11.6 Å². The number of hydrogen-bond donors (Lipinski definition) is 1. The normalized spacial score (nSPS) is 11.4. The number of aromatic nitrogens is 1. The molecule has 106 valence electrons. The third-order valence-corrected chi connectivity index (χ3v) is 3.84. The van der Waals surface area contributed by atoms with Crippen LogP contribution in [-0.4, -0.2) is 4.98 Å². The monoisotopic (exact) mass is 352 g/mol. The van der Waals surface area contributed by atoms with Crippen LogP contribution in [0.5, 0.6) is 0 Å². The Hall–Kier alpha value is -1.06. The molecule has 2 rings (SSSR count). The van der Waals surface area contributed by atoms with Crippen LogP contribution in [0.4, 0.5) is 5.69 Å². The third kappa shape index (κ3) is 3.97. The van der Waals surface area contributed by atoms with Crippen molar-refractivity contribution in [3.8, 4) is 0 Å². The standard InChI is InChI=1S/C16H18BrClN2/c1-16(2,3)12-6-4-11(5-7-12)9-19-14-8-13(17)10-20-15(14)18/h4-8,10,19H,9H2,1-3H3. The molecule has 0 saturated carbocycles. The maximum atomic E-state index is 6.05. The van der Waals surface area contributed by atoms with Gasteiger partial charge >= 0.3 is 0 Å². The SMILES string of the molecule is CC(C)(C)c1ccc(CNc2cc(Br)cnc2Cl)cc1. The molecule has 2 aromatic rings. The van der Waals surface area contributed by atoms with E-state index in [1.165, 1.54) is 11.1 Å². The summed E-state index contributed by atoms with van der Waals surface area (Å²) in [6.07, 6.45) is 1.69. The van der Waals surface area contributed by atoms with Gasteiger partial charge in [0, 0.05) is 17.2 Å². The number of nitrogens with one attached hydrogen (secondary N) is 1. The van der Waals surface area contributed by atoms with Crippen LogP contribution in [0.3, 0.4) is 0 Å².